The number of nitrogens with zero attached hydrogens (tertiary/aromatic N) is 4. The van der Waals surface area contributed by atoms with Crippen molar-refractivity contribution in [3.63, 3.8) is 0 Å². The van der Waals surface area contributed by atoms with Crippen molar-refractivity contribution < 1.29 is 14.3 Å². The van der Waals surface area contributed by atoms with Gasteiger partial charge in [0.25, 0.3) is 0 Å². The van der Waals surface area contributed by atoms with Crippen LogP contribution in [0, 0.1) is 0 Å². The number of fused-ring (bicyclic) bond motifs is 4. The zero-order valence-electron chi connectivity index (χ0n) is 9.03. The Morgan fingerprint density at radius 2 is 2.06 bits per heavy atom. The van der Waals surface area contributed by atoms with Gasteiger partial charge in [-0.3, -0.25) is 4.79 Å². The van der Waals surface area contributed by atoms with Gasteiger partial charge in [0.2, 0.25) is 6.79 Å². The number of pyridine rings is 1. The number of carbonyl (C=O) groups is 1. The van der Waals surface area contributed by atoms with Crippen molar-refractivity contribution in [2.75, 3.05) is 6.79 Å². The first kappa shape index (κ1) is 9.34. The van der Waals surface area contributed by atoms with E-state index in [4.69, 9.17) is 9.47 Å². The lowest BCUT2D eigenvalue weighted by Crippen LogP contribution is -1.95. The Kier molecular flexibility index (Phi) is 1.64. The maximum absolute atomic E-state index is 11.0. The molecule has 0 atom stereocenters. The first-order valence-corrected chi connectivity index (χ1v) is 5.26. The van der Waals surface area contributed by atoms with Gasteiger partial charge in [-0.2, -0.15) is 4.52 Å². The normalized spacial score (nSPS) is 13.3. The molecule has 0 saturated carbocycles. The standard InChI is InChI=1S/C11H6N4O3/c16-4-7-1-6-2-9-10(18-5-17-9)3-8(6)15-11(7)12-13-14-15/h1-4H,5H2. The fourth-order valence-electron chi connectivity index (χ4n) is 2.09. The molecule has 2 aromatic heterocycles. The number of rotatable bonds is 1. The number of hydrogen-bond acceptors (Lipinski definition) is 6. The molecule has 88 valence electrons. The van der Waals surface area contributed by atoms with Crippen LogP contribution in [0.25, 0.3) is 16.6 Å². The van der Waals surface area contributed by atoms with Crippen LogP contribution in [-0.2, 0) is 0 Å². The molecule has 0 amide bonds. The van der Waals surface area contributed by atoms with Gasteiger partial charge in [-0.05, 0) is 22.6 Å². The molecule has 0 bridgehead atoms. The lowest BCUT2D eigenvalue weighted by atomic mass is 10.1. The Hall–Kier alpha value is -2.70. The van der Waals surface area contributed by atoms with Crippen LogP contribution in [-0.4, -0.2) is 33.1 Å². The molecule has 4 rings (SSSR count). The van der Waals surface area contributed by atoms with E-state index in [9.17, 15) is 4.79 Å². The van der Waals surface area contributed by atoms with Crippen molar-refractivity contribution in [2.45, 2.75) is 0 Å². The number of aromatic nitrogens is 4. The van der Waals surface area contributed by atoms with Crippen LogP contribution in [0.3, 0.4) is 0 Å². The van der Waals surface area contributed by atoms with E-state index in [0.29, 0.717) is 22.7 Å². The van der Waals surface area contributed by atoms with Crippen molar-refractivity contribution >= 4 is 22.8 Å². The number of hydrogen-bond donors (Lipinski definition) is 0. The maximum atomic E-state index is 11.0. The third kappa shape index (κ3) is 1.07. The van der Waals surface area contributed by atoms with Gasteiger partial charge >= 0.3 is 0 Å². The topological polar surface area (TPSA) is 78.6 Å². The van der Waals surface area contributed by atoms with E-state index in [2.05, 4.69) is 15.5 Å². The van der Waals surface area contributed by atoms with Crippen LogP contribution in [0.15, 0.2) is 18.2 Å². The number of tetrazole rings is 1. The molecule has 0 unspecified atom stereocenters. The SMILES string of the molecule is O=Cc1cc2cc3c(cc2n2nnnc12)OCO3. The molecule has 0 N–H and O–H groups in total. The molecule has 7 nitrogen and oxygen atoms in total. The minimum absolute atomic E-state index is 0.199. The van der Waals surface area contributed by atoms with Crippen LogP contribution < -0.4 is 9.47 Å². The van der Waals surface area contributed by atoms with Crippen LogP contribution in [0.4, 0.5) is 0 Å². The Morgan fingerprint density at radius 1 is 1.22 bits per heavy atom. The largest absolute Gasteiger partial charge is 0.454 e. The highest BCUT2D eigenvalue weighted by Crippen LogP contribution is 2.36. The summed E-state index contributed by atoms with van der Waals surface area (Å²) in [6.45, 7) is 0.199. The second-order valence-electron chi connectivity index (χ2n) is 3.90. The molecule has 0 aliphatic carbocycles. The van der Waals surface area contributed by atoms with Gasteiger partial charge in [0.1, 0.15) is 0 Å². The van der Waals surface area contributed by atoms with E-state index in [0.717, 1.165) is 17.2 Å². The molecule has 0 saturated heterocycles. The zero-order chi connectivity index (χ0) is 12.1. The van der Waals surface area contributed by atoms with Gasteiger partial charge < -0.3 is 9.47 Å². The van der Waals surface area contributed by atoms with Crippen molar-refractivity contribution in [1.29, 1.82) is 0 Å². The van der Waals surface area contributed by atoms with Crippen molar-refractivity contribution in [3.8, 4) is 11.5 Å². The number of ether oxygens (including phenoxy) is 2. The molecule has 18 heavy (non-hydrogen) atoms. The molecule has 0 spiro atoms. The summed E-state index contributed by atoms with van der Waals surface area (Å²) >= 11 is 0. The Morgan fingerprint density at radius 3 is 2.89 bits per heavy atom. The lowest BCUT2D eigenvalue weighted by molar-refractivity contribution is 0.112. The first-order valence-electron chi connectivity index (χ1n) is 5.26. The third-order valence-electron chi connectivity index (χ3n) is 2.92. The summed E-state index contributed by atoms with van der Waals surface area (Å²) in [4.78, 5) is 11.0. The van der Waals surface area contributed by atoms with E-state index in [1.54, 1.807) is 12.1 Å². The summed E-state index contributed by atoms with van der Waals surface area (Å²) in [7, 11) is 0. The highest BCUT2D eigenvalue weighted by atomic mass is 16.7. The second-order valence-corrected chi connectivity index (χ2v) is 3.90. The average Bonchev–Trinajstić information content (AvgIpc) is 3.03. The highest BCUT2D eigenvalue weighted by molar-refractivity contribution is 5.94. The molecule has 1 aliphatic rings. The predicted molar refractivity (Wildman–Crippen MR) is 59.8 cm³/mol. The number of aldehydes is 1. The van der Waals surface area contributed by atoms with Crippen LogP contribution >= 0.6 is 0 Å². The maximum Gasteiger partial charge on any atom is 0.231 e. The summed E-state index contributed by atoms with van der Waals surface area (Å²) in [6, 6.07) is 5.34. The fraction of sp³-hybridized carbons (Fsp3) is 0.0909. The number of benzene rings is 1. The quantitative estimate of drug-likeness (QED) is 0.588. The molecule has 1 aliphatic heterocycles. The molecule has 3 aromatic rings. The Labute approximate surface area is 99.9 Å². The molecular formula is C11H6N4O3. The van der Waals surface area contributed by atoms with Gasteiger partial charge in [-0.1, -0.05) is 0 Å². The minimum Gasteiger partial charge on any atom is -0.454 e. The molecule has 1 aromatic carbocycles. The van der Waals surface area contributed by atoms with Crippen LogP contribution in [0.5, 0.6) is 11.5 Å². The van der Waals surface area contributed by atoms with Gasteiger partial charge in [-0.15, -0.1) is 5.10 Å². The van der Waals surface area contributed by atoms with Crippen LogP contribution in [0.1, 0.15) is 10.4 Å². The fourth-order valence-corrected chi connectivity index (χ4v) is 2.09. The van der Waals surface area contributed by atoms with E-state index in [1.165, 1.54) is 4.52 Å². The zero-order valence-corrected chi connectivity index (χ0v) is 9.03. The summed E-state index contributed by atoms with van der Waals surface area (Å²) in [6.07, 6.45) is 0.732. The Bertz CT molecular complexity index is 796. The predicted octanol–water partition coefficient (Wildman–Crippen LogP) is 0.819. The summed E-state index contributed by atoms with van der Waals surface area (Å²) in [5.74, 6) is 1.31. The van der Waals surface area contributed by atoms with Gasteiger partial charge in [0, 0.05) is 11.5 Å². The molecule has 0 fully saturated rings. The highest BCUT2D eigenvalue weighted by Gasteiger charge is 2.17. The Balaban J connectivity index is 2.20. The average molecular weight is 242 g/mol. The third-order valence-corrected chi connectivity index (χ3v) is 2.92. The van der Waals surface area contributed by atoms with E-state index in [-0.39, 0.29) is 6.79 Å². The smallest absolute Gasteiger partial charge is 0.231 e. The first-order chi connectivity index (χ1) is 8.86. The second kappa shape index (κ2) is 3.16. The summed E-state index contributed by atoms with van der Waals surface area (Å²) < 4.78 is 12.1. The van der Waals surface area contributed by atoms with Crippen molar-refractivity contribution in [3.05, 3.63) is 23.8 Å². The minimum atomic E-state index is 0.199. The van der Waals surface area contributed by atoms with E-state index < -0.39 is 0 Å². The van der Waals surface area contributed by atoms with Crippen LogP contribution in [0.2, 0.25) is 0 Å². The molecular weight excluding hydrogens is 236 g/mol. The van der Waals surface area contributed by atoms with Gasteiger partial charge in [-0.25, -0.2) is 0 Å². The van der Waals surface area contributed by atoms with Gasteiger partial charge in [0.05, 0.1) is 11.1 Å². The molecule has 3 heterocycles. The van der Waals surface area contributed by atoms with Crippen molar-refractivity contribution in [2.24, 2.45) is 0 Å². The summed E-state index contributed by atoms with van der Waals surface area (Å²) in [5.41, 5.74) is 1.63. The molecule has 7 heteroatoms. The van der Waals surface area contributed by atoms with Crippen molar-refractivity contribution in [1.82, 2.24) is 20.0 Å². The summed E-state index contributed by atoms with van der Waals surface area (Å²) in [5, 5.41) is 12.1. The molecule has 0 radical (unpaired) electrons. The lowest BCUT2D eigenvalue weighted by Gasteiger charge is -2.03. The van der Waals surface area contributed by atoms with Gasteiger partial charge in [0.15, 0.2) is 23.4 Å². The monoisotopic (exact) mass is 242 g/mol. The van der Waals surface area contributed by atoms with E-state index in [1.807, 2.05) is 6.07 Å². The van der Waals surface area contributed by atoms with E-state index >= 15 is 0 Å². The number of carbonyl (C=O) groups excluding carboxylic acids is 1.